The monoisotopic (exact) mass is 466 g/mol. The molecule has 1 aromatic carbocycles. The predicted octanol–water partition coefficient (Wildman–Crippen LogP) is 2.69. The van der Waals surface area contributed by atoms with E-state index in [1.165, 1.54) is 25.1 Å². The number of amides is 1. The van der Waals surface area contributed by atoms with E-state index in [9.17, 15) is 17.8 Å². The maximum Gasteiger partial charge on any atom is 0.295 e. The fourth-order valence-corrected chi connectivity index (χ4v) is 4.04. The Kier molecular flexibility index (Phi) is 7.09. The molecule has 4 rings (SSSR count). The molecule has 10 nitrogen and oxygen atoms in total. The summed E-state index contributed by atoms with van der Waals surface area (Å²) in [6.07, 6.45) is 3.22. The van der Waals surface area contributed by atoms with E-state index in [1.54, 1.807) is 18.5 Å². The summed E-state index contributed by atoms with van der Waals surface area (Å²) in [5.74, 6) is 7.68. The number of anilines is 1. The minimum atomic E-state index is -4.58. The van der Waals surface area contributed by atoms with Crippen molar-refractivity contribution in [2.75, 3.05) is 5.32 Å². The second kappa shape index (κ2) is 9.79. The van der Waals surface area contributed by atoms with Crippen LogP contribution in [0.25, 0.3) is 33.5 Å². The molecule has 0 saturated heterocycles. The second-order valence-electron chi connectivity index (χ2n) is 6.97. The number of pyridine rings is 3. The van der Waals surface area contributed by atoms with E-state index in [-0.39, 0.29) is 22.1 Å². The molecule has 0 atom stereocenters. The van der Waals surface area contributed by atoms with Crippen LogP contribution >= 0.6 is 0 Å². The molecule has 0 spiro atoms. The van der Waals surface area contributed by atoms with Gasteiger partial charge in [0, 0.05) is 36.0 Å². The van der Waals surface area contributed by atoms with Crippen LogP contribution in [0.4, 0.5) is 5.69 Å². The third-order valence-electron chi connectivity index (χ3n) is 4.67. The summed E-state index contributed by atoms with van der Waals surface area (Å²) in [6.45, 7) is 3.24. The van der Waals surface area contributed by atoms with Gasteiger partial charge in [0.2, 0.25) is 5.91 Å². The Morgan fingerprint density at radius 1 is 1.00 bits per heavy atom. The Labute approximate surface area is 190 Å². The minimum absolute atomic E-state index is 0.118. The van der Waals surface area contributed by atoms with Gasteiger partial charge >= 0.3 is 0 Å². The first kappa shape index (κ1) is 23.9. The lowest BCUT2D eigenvalue weighted by molar-refractivity contribution is -0.114. The third kappa shape index (κ3) is 5.18. The lowest BCUT2D eigenvalue weighted by Crippen LogP contribution is -2.08. The van der Waals surface area contributed by atoms with Crippen LogP contribution in [0, 0.1) is 6.92 Å². The number of hydrazine groups is 1. The number of fused-ring (bicyclic) bond motifs is 1. The maximum atomic E-state index is 12.1. The van der Waals surface area contributed by atoms with E-state index < -0.39 is 10.1 Å². The summed E-state index contributed by atoms with van der Waals surface area (Å²) in [5, 5.41) is 3.34. The molecule has 3 heterocycles. The van der Waals surface area contributed by atoms with Crippen molar-refractivity contribution in [3.63, 3.8) is 0 Å². The number of hydrogen-bond acceptors (Lipinski definition) is 8. The van der Waals surface area contributed by atoms with Gasteiger partial charge in [0.05, 0.1) is 22.6 Å². The SMILES string of the molecule is CC(=O)Nc1ccc(S(=O)(=O)O)c(-c2nc(-c3ncccc3C)cc3cccnc23)c1.NN. The largest absolute Gasteiger partial charge is 0.326 e. The van der Waals surface area contributed by atoms with Crippen molar-refractivity contribution in [3.8, 4) is 22.6 Å². The van der Waals surface area contributed by atoms with Crippen molar-refractivity contribution in [1.29, 1.82) is 0 Å². The van der Waals surface area contributed by atoms with Gasteiger partial charge in [0.1, 0.15) is 4.90 Å². The van der Waals surface area contributed by atoms with E-state index in [2.05, 4.69) is 32.0 Å². The predicted molar refractivity (Wildman–Crippen MR) is 125 cm³/mol. The van der Waals surface area contributed by atoms with E-state index in [1.807, 2.05) is 31.2 Å². The number of rotatable bonds is 4. The van der Waals surface area contributed by atoms with Crippen molar-refractivity contribution in [2.24, 2.45) is 11.7 Å². The van der Waals surface area contributed by atoms with Crippen molar-refractivity contribution in [3.05, 3.63) is 66.5 Å². The molecule has 0 aliphatic heterocycles. The topological polar surface area (TPSA) is 174 Å². The smallest absolute Gasteiger partial charge is 0.295 e. The quantitative estimate of drug-likeness (QED) is 0.200. The van der Waals surface area contributed by atoms with Gasteiger partial charge in [-0.25, -0.2) is 4.98 Å². The number of benzene rings is 1. The summed E-state index contributed by atoms with van der Waals surface area (Å²) in [5.41, 5.74) is 3.24. The zero-order chi connectivity index (χ0) is 24.2. The molecule has 33 heavy (non-hydrogen) atoms. The highest BCUT2D eigenvalue weighted by Crippen LogP contribution is 2.35. The number of nitrogens with one attached hydrogen (secondary N) is 1. The van der Waals surface area contributed by atoms with Crippen molar-refractivity contribution >= 4 is 32.6 Å². The average molecular weight is 467 g/mol. The number of carbonyl (C=O) groups is 1. The average Bonchev–Trinajstić information content (AvgIpc) is 2.79. The number of carbonyl (C=O) groups excluding carboxylic acids is 1. The standard InChI is InChI=1S/C22H18N4O4S.H4N2/c1-13-5-3-9-23-20(13)18-11-15-6-4-10-24-21(15)22(26-18)17-12-16(25-14(2)27)7-8-19(17)31(28,29)30;1-2/h3-12H,1-2H3,(H,25,27)(H,28,29,30);1-2H2. The molecule has 11 heteroatoms. The molecule has 3 aromatic heterocycles. The second-order valence-corrected chi connectivity index (χ2v) is 8.36. The van der Waals surface area contributed by atoms with Crippen LogP contribution in [-0.2, 0) is 14.9 Å². The van der Waals surface area contributed by atoms with Crippen LogP contribution < -0.4 is 17.0 Å². The summed E-state index contributed by atoms with van der Waals surface area (Å²) in [6, 6.07) is 13.2. The number of aryl methyl sites for hydroxylation is 1. The van der Waals surface area contributed by atoms with Crippen molar-refractivity contribution in [2.45, 2.75) is 18.7 Å². The lowest BCUT2D eigenvalue weighted by atomic mass is 10.0. The molecule has 0 saturated carbocycles. The molecule has 4 aromatic rings. The number of nitrogens with two attached hydrogens (primary N) is 2. The third-order valence-corrected chi connectivity index (χ3v) is 5.58. The molecule has 170 valence electrons. The molecule has 0 aliphatic carbocycles. The Morgan fingerprint density at radius 2 is 1.70 bits per heavy atom. The van der Waals surface area contributed by atoms with Gasteiger partial charge < -0.3 is 5.32 Å². The van der Waals surface area contributed by atoms with Crippen LogP contribution in [0.1, 0.15) is 12.5 Å². The molecular formula is C22H22N6O4S. The first-order valence-corrected chi connectivity index (χ1v) is 11.1. The van der Waals surface area contributed by atoms with Crippen LogP contribution in [0.2, 0.25) is 0 Å². The van der Waals surface area contributed by atoms with Crippen molar-refractivity contribution in [1.82, 2.24) is 15.0 Å². The lowest BCUT2D eigenvalue weighted by Gasteiger charge is -2.14. The van der Waals surface area contributed by atoms with Gasteiger partial charge in [0.15, 0.2) is 0 Å². The van der Waals surface area contributed by atoms with Crippen LogP contribution in [0.3, 0.4) is 0 Å². The van der Waals surface area contributed by atoms with Gasteiger partial charge in [-0.05, 0) is 48.9 Å². The van der Waals surface area contributed by atoms with Crippen molar-refractivity contribution < 1.29 is 17.8 Å². The first-order chi connectivity index (χ1) is 15.7. The summed E-state index contributed by atoms with van der Waals surface area (Å²) in [7, 11) is -4.58. The molecular weight excluding hydrogens is 444 g/mol. The fourth-order valence-electron chi connectivity index (χ4n) is 3.37. The van der Waals surface area contributed by atoms with Gasteiger partial charge in [-0.1, -0.05) is 12.1 Å². The van der Waals surface area contributed by atoms with Crippen LogP contribution in [0.5, 0.6) is 0 Å². The highest BCUT2D eigenvalue weighted by atomic mass is 32.2. The number of aromatic nitrogens is 3. The fraction of sp³-hybridized carbons (Fsp3) is 0.0909. The highest BCUT2D eigenvalue weighted by Gasteiger charge is 2.22. The van der Waals surface area contributed by atoms with E-state index >= 15 is 0 Å². The highest BCUT2D eigenvalue weighted by molar-refractivity contribution is 7.86. The zero-order valence-electron chi connectivity index (χ0n) is 17.9. The molecule has 0 unspecified atom stereocenters. The summed E-state index contributed by atoms with van der Waals surface area (Å²) in [4.78, 5) is 24.7. The van der Waals surface area contributed by atoms with Crippen LogP contribution in [0.15, 0.2) is 65.8 Å². The normalized spacial score (nSPS) is 10.9. The Hall–Kier alpha value is -3.77. The molecule has 0 radical (unpaired) electrons. The first-order valence-electron chi connectivity index (χ1n) is 9.64. The van der Waals surface area contributed by atoms with Gasteiger partial charge in [0.25, 0.3) is 10.1 Å². The van der Waals surface area contributed by atoms with Gasteiger partial charge in [-0.15, -0.1) is 0 Å². The van der Waals surface area contributed by atoms with E-state index in [0.29, 0.717) is 22.6 Å². The van der Waals surface area contributed by atoms with E-state index in [0.717, 1.165) is 10.9 Å². The minimum Gasteiger partial charge on any atom is -0.326 e. The van der Waals surface area contributed by atoms with Crippen LogP contribution in [-0.4, -0.2) is 33.8 Å². The maximum absolute atomic E-state index is 12.1. The Balaban J connectivity index is 0.00000149. The molecule has 0 bridgehead atoms. The molecule has 1 amide bonds. The Bertz CT molecular complexity index is 1440. The number of nitrogens with zero attached hydrogens (tertiary/aromatic N) is 3. The zero-order valence-corrected chi connectivity index (χ0v) is 18.7. The summed E-state index contributed by atoms with van der Waals surface area (Å²) < 4.78 is 34.1. The van der Waals surface area contributed by atoms with Gasteiger partial charge in [-0.2, -0.15) is 8.42 Å². The van der Waals surface area contributed by atoms with Gasteiger partial charge in [-0.3, -0.25) is 31.0 Å². The Morgan fingerprint density at radius 3 is 2.36 bits per heavy atom. The van der Waals surface area contributed by atoms with E-state index in [4.69, 9.17) is 0 Å². The number of hydrogen-bond donors (Lipinski definition) is 4. The summed E-state index contributed by atoms with van der Waals surface area (Å²) >= 11 is 0. The molecule has 0 fully saturated rings. The molecule has 0 aliphatic rings. The molecule has 6 N–H and O–H groups in total.